The Hall–Kier alpha value is -0.177. The molecule has 0 atom stereocenters. The van der Waals surface area contributed by atoms with E-state index in [4.69, 9.17) is 14.3 Å². The molecule has 0 aromatic carbocycles. The van der Waals surface area contributed by atoms with Gasteiger partial charge in [-0.1, -0.05) is 27.7 Å². The van der Waals surface area contributed by atoms with Gasteiger partial charge in [0.1, 0.15) is 0 Å². The normalized spacial score (nSPS) is 7.53. The van der Waals surface area contributed by atoms with Gasteiger partial charge in [0.2, 0.25) is 0 Å². The Morgan fingerprint density at radius 2 is 0.588 bits per heavy atom. The zero-order valence-electron chi connectivity index (χ0n) is 11.6. The third kappa shape index (κ3) is 96900. The first-order chi connectivity index (χ1) is 7.66. The van der Waals surface area contributed by atoms with Gasteiger partial charge in [0.05, 0.1) is 0 Å². The van der Waals surface area contributed by atoms with Crippen molar-refractivity contribution in [2.24, 2.45) is 0 Å². The molecule has 0 N–H and O–H groups in total. The third-order valence-electron chi connectivity index (χ3n) is 0. The molecule has 0 saturated carbocycles. The van der Waals surface area contributed by atoms with Crippen LogP contribution in [0.2, 0.25) is 0 Å². The molecule has 0 saturated heterocycles. The van der Waals surface area contributed by atoms with E-state index >= 15 is 0 Å². The SMILES string of the molecule is [CH2-]CC.[CH2-]CC.[CH2-]CC.[CH2-]CC.[O]=[Ru](=[O])(=[O])=[O]. The van der Waals surface area contributed by atoms with Crippen LogP contribution in [-0.2, 0) is 28.9 Å². The minimum absolute atomic E-state index is 1.00. The van der Waals surface area contributed by atoms with Crippen LogP contribution in [0, 0.1) is 27.7 Å². The number of hydrogen-bond acceptors (Lipinski definition) is 4. The molecule has 0 fully saturated rings. The molecule has 0 bridgehead atoms. The Kier molecular flexibility index (Phi) is 63.9. The van der Waals surface area contributed by atoms with Crippen LogP contribution in [-0.4, -0.2) is 0 Å². The van der Waals surface area contributed by atoms with Crippen molar-refractivity contribution in [2.45, 2.75) is 53.4 Å². The molecule has 4 nitrogen and oxygen atoms in total. The van der Waals surface area contributed by atoms with Gasteiger partial charge in [-0.05, 0) is 0 Å². The van der Waals surface area contributed by atoms with Gasteiger partial charge < -0.3 is 27.7 Å². The van der Waals surface area contributed by atoms with Crippen molar-refractivity contribution >= 4 is 0 Å². The summed E-state index contributed by atoms with van der Waals surface area (Å²) in [4.78, 5) is 0. The van der Waals surface area contributed by atoms with Gasteiger partial charge in [0, 0.05) is 0 Å². The molecule has 0 aromatic heterocycles. The second kappa shape index (κ2) is 36.0. The van der Waals surface area contributed by atoms with Crippen molar-refractivity contribution in [2.75, 3.05) is 0 Å². The number of rotatable bonds is 0. The quantitative estimate of drug-likeness (QED) is 0.484. The van der Waals surface area contributed by atoms with Gasteiger partial charge in [-0.25, -0.2) is 0 Å². The first-order valence-electron chi connectivity index (χ1n) is 5.41. The molecule has 17 heavy (non-hydrogen) atoms. The standard InChI is InChI=1S/4C3H7.4O.Ru/c4*1-3-2;;;;;/h4*1,3H2,2H3;;;;;/q4*-1;;;;;. The second-order valence-corrected chi connectivity index (χ2v) is 4.09. The molecule has 0 radical (unpaired) electrons. The van der Waals surface area contributed by atoms with Crippen molar-refractivity contribution in [3.63, 3.8) is 0 Å². The van der Waals surface area contributed by atoms with Crippen molar-refractivity contribution < 1.29 is 28.9 Å². The second-order valence-electron chi connectivity index (χ2n) is 2.35. The summed E-state index contributed by atoms with van der Waals surface area (Å²) in [5.74, 6) is 0. The van der Waals surface area contributed by atoms with Crippen molar-refractivity contribution in [3.8, 4) is 0 Å². The van der Waals surface area contributed by atoms with Crippen LogP contribution < -0.4 is 0 Å². The average molecular weight is 337 g/mol. The van der Waals surface area contributed by atoms with E-state index < -0.39 is 14.6 Å². The molecule has 0 aliphatic carbocycles. The van der Waals surface area contributed by atoms with Gasteiger partial charge in [-0.2, -0.15) is 25.7 Å². The zero-order chi connectivity index (χ0) is 15.3. The molecular formula is C12H28O4Ru-4. The van der Waals surface area contributed by atoms with Crippen LogP contribution in [0.3, 0.4) is 0 Å². The summed E-state index contributed by atoms with van der Waals surface area (Å²) in [5.41, 5.74) is 0. The first kappa shape index (κ1) is 30.1. The van der Waals surface area contributed by atoms with E-state index in [1.54, 1.807) is 0 Å². The van der Waals surface area contributed by atoms with Crippen LogP contribution in [0.25, 0.3) is 0 Å². The summed E-state index contributed by atoms with van der Waals surface area (Å²) in [5, 5.41) is 0. The molecule has 0 heterocycles. The van der Waals surface area contributed by atoms with Crippen LogP contribution in [0.1, 0.15) is 53.4 Å². The molecule has 0 amide bonds. The molecule has 5 heteroatoms. The van der Waals surface area contributed by atoms with E-state index in [1.807, 2.05) is 27.7 Å². The van der Waals surface area contributed by atoms with E-state index in [-0.39, 0.29) is 0 Å². The summed E-state index contributed by atoms with van der Waals surface area (Å²) >= 11 is -5.86. The molecular weight excluding hydrogens is 309 g/mol. The van der Waals surface area contributed by atoms with Crippen molar-refractivity contribution in [1.82, 2.24) is 0 Å². The molecule has 0 aliphatic heterocycles. The predicted molar refractivity (Wildman–Crippen MR) is 65.3 cm³/mol. The molecule has 0 spiro atoms. The van der Waals surface area contributed by atoms with Crippen LogP contribution >= 0.6 is 0 Å². The van der Waals surface area contributed by atoms with E-state index in [9.17, 15) is 0 Å². The average Bonchev–Trinajstić information content (AvgIpc) is 2.04. The predicted octanol–water partition coefficient (Wildman–Crippen LogP) is 4.44. The van der Waals surface area contributed by atoms with Gasteiger partial charge in [-0.15, -0.1) is 0 Å². The summed E-state index contributed by atoms with van der Waals surface area (Å²) in [6.45, 7) is 22.0. The Labute approximate surface area is 110 Å². The Morgan fingerprint density at radius 3 is 0.588 bits per heavy atom. The minimum atomic E-state index is -5.86. The third-order valence-corrected chi connectivity index (χ3v) is 0. The summed E-state index contributed by atoms with van der Waals surface area (Å²) < 4.78 is 34.4. The molecule has 0 aromatic rings. The summed E-state index contributed by atoms with van der Waals surface area (Å²) in [6, 6.07) is 0. The van der Waals surface area contributed by atoms with E-state index in [2.05, 4.69) is 27.7 Å². The topological polar surface area (TPSA) is 68.3 Å². The first-order valence-corrected chi connectivity index (χ1v) is 8.24. The van der Waals surface area contributed by atoms with Crippen LogP contribution in [0.4, 0.5) is 0 Å². The number of hydrogen-bond donors (Lipinski definition) is 0. The Morgan fingerprint density at radius 1 is 0.588 bits per heavy atom. The van der Waals surface area contributed by atoms with E-state index in [0.717, 1.165) is 25.7 Å². The fourth-order valence-corrected chi connectivity index (χ4v) is 0. The van der Waals surface area contributed by atoms with Gasteiger partial charge in [-0.3, -0.25) is 0 Å². The van der Waals surface area contributed by atoms with Crippen molar-refractivity contribution in [3.05, 3.63) is 27.7 Å². The fraction of sp³-hybridized carbons (Fsp3) is 0.667. The van der Waals surface area contributed by atoms with Crippen molar-refractivity contribution in [1.29, 1.82) is 0 Å². The molecule has 0 rings (SSSR count). The Bertz CT molecular complexity index is 212. The maximum absolute atomic E-state index is 8.61. The molecule has 112 valence electrons. The molecule has 0 unspecified atom stereocenters. The van der Waals surface area contributed by atoms with E-state index in [0.29, 0.717) is 0 Å². The van der Waals surface area contributed by atoms with Gasteiger partial charge >= 0.3 is 28.9 Å². The van der Waals surface area contributed by atoms with Gasteiger partial charge in [0.15, 0.2) is 0 Å². The Balaban J connectivity index is -0.0000000362. The molecule has 0 aliphatic rings. The van der Waals surface area contributed by atoms with Gasteiger partial charge in [0.25, 0.3) is 0 Å². The maximum atomic E-state index is 8.61. The van der Waals surface area contributed by atoms with Crippen LogP contribution in [0.15, 0.2) is 0 Å². The fourth-order valence-electron chi connectivity index (χ4n) is 0. The van der Waals surface area contributed by atoms with Crippen LogP contribution in [0.5, 0.6) is 0 Å². The van der Waals surface area contributed by atoms with E-state index in [1.165, 1.54) is 0 Å². The summed E-state index contributed by atoms with van der Waals surface area (Å²) in [6.07, 6.45) is 4.00. The monoisotopic (exact) mass is 338 g/mol. The zero-order valence-corrected chi connectivity index (χ0v) is 13.4. The summed E-state index contributed by atoms with van der Waals surface area (Å²) in [7, 11) is 0.